The molecule has 0 unspecified atom stereocenters. The van der Waals surface area contributed by atoms with Crippen LogP contribution < -0.4 is 0 Å². The summed E-state index contributed by atoms with van der Waals surface area (Å²) in [4.78, 5) is 44.3. The van der Waals surface area contributed by atoms with Crippen molar-refractivity contribution in [1.29, 1.82) is 0 Å². The molecule has 1 N–H and O–H groups in total. The molecule has 0 aliphatic carbocycles. The van der Waals surface area contributed by atoms with Gasteiger partial charge in [0.1, 0.15) is 5.69 Å². The molecule has 6 nitrogen and oxygen atoms in total. The normalized spacial score (nSPS) is 9.69. The van der Waals surface area contributed by atoms with Gasteiger partial charge in [-0.1, -0.05) is 41.4 Å². The minimum atomic E-state index is -0.421. The molecule has 1 aromatic carbocycles. The fourth-order valence-corrected chi connectivity index (χ4v) is 2.98. The van der Waals surface area contributed by atoms with Gasteiger partial charge in [-0.15, -0.1) is 0 Å². The molecule has 2 rings (SSSR count). The Labute approximate surface area is 160 Å². The van der Waals surface area contributed by atoms with Crippen molar-refractivity contribution in [3.63, 3.8) is 0 Å². The Morgan fingerprint density at radius 1 is 1.23 bits per heavy atom. The standard InChI is InChI=1S/C18H20BrNO3.CO2/c1-4-7-14-15(11(3)16(20-14)18(22)23-5-2)17(21)12-8-6-9-13(19)10-12;2-1-3/h6,8-10,20H,4-5,7H2,1-3H3;. The fourth-order valence-electron chi connectivity index (χ4n) is 2.58. The van der Waals surface area contributed by atoms with Crippen LogP contribution in [0.25, 0.3) is 0 Å². The second kappa shape index (κ2) is 10.5. The Bertz CT molecular complexity index is 819. The number of benzene rings is 1. The molecule has 2 aromatic rings. The first kappa shape index (κ1) is 21.5. The summed E-state index contributed by atoms with van der Waals surface area (Å²) >= 11 is 3.39. The van der Waals surface area contributed by atoms with Crippen molar-refractivity contribution in [2.24, 2.45) is 0 Å². The molecule has 0 saturated carbocycles. The smallest absolute Gasteiger partial charge is 0.373 e. The van der Waals surface area contributed by atoms with E-state index in [9.17, 15) is 9.59 Å². The van der Waals surface area contributed by atoms with E-state index in [1.165, 1.54) is 0 Å². The summed E-state index contributed by atoms with van der Waals surface area (Å²) in [5.74, 6) is -0.505. The van der Waals surface area contributed by atoms with E-state index in [-0.39, 0.29) is 11.9 Å². The van der Waals surface area contributed by atoms with Gasteiger partial charge in [-0.05, 0) is 38.0 Å². The number of H-pyrrole nitrogens is 1. The SMILES string of the molecule is CCCc1[nH]c(C(=O)OCC)c(C)c1C(=O)c1cccc(Br)c1.O=C=O. The molecule has 138 valence electrons. The van der Waals surface area contributed by atoms with Gasteiger partial charge in [0.2, 0.25) is 0 Å². The summed E-state index contributed by atoms with van der Waals surface area (Å²) in [6, 6.07) is 7.26. The predicted octanol–water partition coefficient (Wildman–Crippen LogP) is 3.86. The molecular weight excluding hydrogens is 402 g/mol. The molecule has 0 aliphatic rings. The van der Waals surface area contributed by atoms with Crippen molar-refractivity contribution < 1.29 is 23.9 Å². The Hall–Kier alpha value is -2.50. The summed E-state index contributed by atoms with van der Waals surface area (Å²) in [5.41, 5.74) is 2.98. The van der Waals surface area contributed by atoms with Crippen LogP contribution in [0.15, 0.2) is 28.7 Å². The molecule has 0 bridgehead atoms. The van der Waals surface area contributed by atoms with Crippen molar-refractivity contribution >= 4 is 33.8 Å². The Morgan fingerprint density at radius 3 is 2.42 bits per heavy atom. The van der Waals surface area contributed by atoms with Crippen molar-refractivity contribution in [3.8, 4) is 0 Å². The molecular formula is C19H20BrNO5. The zero-order valence-corrected chi connectivity index (χ0v) is 16.4. The molecule has 0 radical (unpaired) electrons. The highest BCUT2D eigenvalue weighted by molar-refractivity contribution is 9.10. The van der Waals surface area contributed by atoms with E-state index in [0.717, 1.165) is 16.6 Å². The van der Waals surface area contributed by atoms with E-state index in [2.05, 4.69) is 20.9 Å². The number of hydrogen-bond acceptors (Lipinski definition) is 5. The largest absolute Gasteiger partial charge is 0.461 e. The van der Waals surface area contributed by atoms with E-state index in [4.69, 9.17) is 14.3 Å². The van der Waals surface area contributed by atoms with Crippen LogP contribution in [-0.2, 0) is 20.7 Å². The Kier molecular flexibility index (Phi) is 8.68. The van der Waals surface area contributed by atoms with Crippen molar-refractivity contribution in [1.82, 2.24) is 4.98 Å². The van der Waals surface area contributed by atoms with Gasteiger partial charge in [-0.3, -0.25) is 4.79 Å². The number of hydrogen-bond donors (Lipinski definition) is 1. The molecule has 0 saturated heterocycles. The number of ether oxygens (including phenoxy) is 1. The van der Waals surface area contributed by atoms with Gasteiger partial charge >= 0.3 is 12.1 Å². The number of nitrogens with one attached hydrogen (secondary N) is 1. The second-order valence-electron chi connectivity index (χ2n) is 5.37. The van der Waals surface area contributed by atoms with Gasteiger partial charge in [-0.2, -0.15) is 9.59 Å². The Balaban J connectivity index is 0.00000105. The quantitative estimate of drug-likeness (QED) is 0.564. The number of aryl methyl sites for hydroxylation is 1. The maximum atomic E-state index is 12.9. The van der Waals surface area contributed by atoms with E-state index in [1.54, 1.807) is 26.0 Å². The molecule has 1 heterocycles. The highest BCUT2D eigenvalue weighted by atomic mass is 79.9. The second-order valence-corrected chi connectivity index (χ2v) is 6.29. The summed E-state index contributed by atoms with van der Waals surface area (Å²) < 4.78 is 5.92. The Morgan fingerprint density at radius 2 is 1.88 bits per heavy atom. The predicted molar refractivity (Wildman–Crippen MR) is 98.1 cm³/mol. The number of carbonyl (C=O) groups is 2. The first-order valence-corrected chi connectivity index (χ1v) is 8.88. The van der Waals surface area contributed by atoms with Crippen LogP contribution in [0.2, 0.25) is 0 Å². The number of carbonyl (C=O) groups excluding carboxylic acids is 4. The van der Waals surface area contributed by atoms with Crippen LogP contribution in [0.4, 0.5) is 0 Å². The molecule has 0 aliphatic heterocycles. The van der Waals surface area contributed by atoms with E-state index in [0.29, 0.717) is 35.4 Å². The molecule has 26 heavy (non-hydrogen) atoms. The molecule has 0 amide bonds. The lowest BCUT2D eigenvalue weighted by molar-refractivity contribution is -0.191. The topological polar surface area (TPSA) is 93.3 Å². The lowest BCUT2D eigenvalue weighted by Gasteiger charge is -2.05. The maximum absolute atomic E-state index is 12.9. The summed E-state index contributed by atoms with van der Waals surface area (Å²) in [6.07, 6.45) is 1.83. The van der Waals surface area contributed by atoms with Crippen molar-refractivity contribution in [3.05, 3.63) is 56.8 Å². The average molecular weight is 422 g/mol. The molecule has 0 atom stereocenters. The van der Waals surface area contributed by atoms with Gasteiger partial charge in [0.15, 0.2) is 5.78 Å². The van der Waals surface area contributed by atoms with Gasteiger partial charge in [0, 0.05) is 21.3 Å². The minimum Gasteiger partial charge on any atom is -0.461 e. The van der Waals surface area contributed by atoms with E-state index >= 15 is 0 Å². The zero-order chi connectivity index (χ0) is 19.7. The monoisotopic (exact) mass is 421 g/mol. The van der Waals surface area contributed by atoms with Gasteiger partial charge in [0.25, 0.3) is 0 Å². The number of aromatic nitrogens is 1. The lowest BCUT2D eigenvalue weighted by Crippen LogP contribution is -2.08. The third-order valence-electron chi connectivity index (χ3n) is 3.62. The van der Waals surface area contributed by atoms with E-state index < -0.39 is 5.97 Å². The van der Waals surface area contributed by atoms with Crippen molar-refractivity contribution in [2.75, 3.05) is 6.61 Å². The molecule has 0 fully saturated rings. The molecule has 0 spiro atoms. The van der Waals surface area contributed by atoms with Crippen molar-refractivity contribution in [2.45, 2.75) is 33.6 Å². The van der Waals surface area contributed by atoms with E-state index in [1.807, 2.05) is 19.1 Å². The lowest BCUT2D eigenvalue weighted by atomic mass is 9.98. The number of aromatic amines is 1. The van der Waals surface area contributed by atoms with Gasteiger partial charge < -0.3 is 9.72 Å². The van der Waals surface area contributed by atoms with Crippen LogP contribution in [0.1, 0.15) is 57.9 Å². The fraction of sp³-hybridized carbons (Fsp3) is 0.316. The van der Waals surface area contributed by atoms with Crippen LogP contribution in [0.5, 0.6) is 0 Å². The summed E-state index contributed by atoms with van der Waals surface area (Å²) in [5, 5.41) is 0. The van der Waals surface area contributed by atoms with Crippen LogP contribution in [-0.4, -0.2) is 29.5 Å². The summed E-state index contributed by atoms with van der Waals surface area (Å²) in [6.45, 7) is 5.88. The highest BCUT2D eigenvalue weighted by Crippen LogP contribution is 2.25. The third-order valence-corrected chi connectivity index (χ3v) is 4.11. The van der Waals surface area contributed by atoms with Crippen LogP contribution in [0, 0.1) is 6.92 Å². The first-order valence-electron chi connectivity index (χ1n) is 8.09. The zero-order valence-electron chi connectivity index (χ0n) is 14.8. The van der Waals surface area contributed by atoms with Crippen LogP contribution in [0.3, 0.4) is 0 Å². The minimum absolute atomic E-state index is 0.0842. The van der Waals surface area contributed by atoms with Gasteiger partial charge in [-0.25, -0.2) is 4.79 Å². The molecule has 7 heteroatoms. The number of halogens is 1. The number of esters is 1. The number of ketones is 1. The first-order chi connectivity index (χ1) is 12.4. The average Bonchev–Trinajstić information content (AvgIpc) is 2.92. The number of rotatable bonds is 6. The molecule has 1 aromatic heterocycles. The van der Waals surface area contributed by atoms with Crippen LogP contribution >= 0.6 is 15.9 Å². The summed E-state index contributed by atoms with van der Waals surface area (Å²) in [7, 11) is 0. The third kappa shape index (κ3) is 5.25. The van der Waals surface area contributed by atoms with Gasteiger partial charge in [0.05, 0.1) is 6.61 Å². The highest BCUT2D eigenvalue weighted by Gasteiger charge is 2.24. The maximum Gasteiger partial charge on any atom is 0.373 e.